The highest BCUT2D eigenvalue weighted by molar-refractivity contribution is 5.85. The van der Waals surface area contributed by atoms with Gasteiger partial charge >= 0.3 is 0 Å². The van der Waals surface area contributed by atoms with Crippen LogP contribution in [0.4, 0.5) is 4.39 Å². The van der Waals surface area contributed by atoms with Crippen LogP contribution >= 0.6 is 0 Å². The minimum atomic E-state index is -0.268. The number of ether oxygens (including phenoxy) is 1. The van der Waals surface area contributed by atoms with Gasteiger partial charge in [-0.1, -0.05) is 56.3 Å². The first-order valence-corrected chi connectivity index (χ1v) is 11.8. The zero-order valence-electron chi connectivity index (χ0n) is 20.7. The molecule has 0 radical (unpaired) electrons. The molecule has 0 saturated heterocycles. The standard InChI is InChI=1S/C28H34FN3O3/c1-22(2)16-31(28(34)21-35-3)20-27(33)32(18-23-8-5-4-6-9-23)19-26-10-7-15-30(26)17-24-11-13-25(29)14-12-24/h4-15,22H,16-21H2,1-3H3. The molecule has 7 heteroatoms. The van der Waals surface area contributed by atoms with Crippen LogP contribution in [0, 0.1) is 11.7 Å². The fourth-order valence-electron chi connectivity index (χ4n) is 3.94. The molecule has 1 aromatic heterocycles. The average molecular weight is 480 g/mol. The van der Waals surface area contributed by atoms with Gasteiger partial charge in [-0.3, -0.25) is 9.59 Å². The van der Waals surface area contributed by atoms with E-state index in [4.69, 9.17) is 4.74 Å². The van der Waals surface area contributed by atoms with E-state index >= 15 is 0 Å². The lowest BCUT2D eigenvalue weighted by molar-refractivity contribution is -0.143. The van der Waals surface area contributed by atoms with Gasteiger partial charge in [-0.25, -0.2) is 4.39 Å². The molecule has 0 aliphatic carbocycles. The van der Waals surface area contributed by atoms with Crippen LogP contribution in [0.25, 0.3) is 0 Å². The van der Waals surface area contributed by atoms with Crippen LogP contribution in [0.3, 0.4) is 0 Å². The second-order valence-corrected chi connectivity index (χ2v) is 9.09. The predicted molar refractivity (Wildman–Crippen MR) is 134 cm³/mol. The summed E-state index contributed by atoms with van der Waals surface area (Å²) >= 11 is 0. The molecular formula is C28H34FN3O3. The summed E-state index contributed by atoms with van der Waals surface area (Å²) < 4.78 is 20.4. The van der Waals surface area contributed by atoms with Crippen LogP contribution in [0.2, 0.25) is 0 Å². The zero-order chi connectivity index (χ0) is 25.2. The third-order valence-electron chi connectivity index (χ3n) is 5.64. The third-order valence-corrected chi connectivity index (χ3v) is 5.64. The molecule has 1 heterocycles. The Hall–Kier alpha value is -3.45. The summed E-state index contributed by atoms with van der Waals surface area (Å²) in [5, 5.41) is 0. The van der Waals surface area contributed by atoms with Crippen LogP contribution in [-0.4, -0.2) is 53.0 Å². The summed E-state index contributed by atoms with van der Waals surface area (Å²) in [5.74, 6) is -0.378. The van der Waals surface area contributed by atoms with Gasteiger partial charge in [-0.2, -0.15) is 0 Å². The van der Waals surface area contributed by atoms with Gasteiger partial charge in [-0.05, 0) is 41.3 Å². The molecule has 0 spiro atoms. The Labute approximate surface area is 206 Å². The maximum absolute atomic E-state index is 13.5. The van der Waals surface area contributed by atoms with Crippen molar-refractivity contribution in [3.63, 3.8) is 0 Å². The molecule has 0 fully saturated rings. The average Bonchev–Trinajstić information content (AvgIpc) is 3.26. The maximum Gasteiger partial charge on any atom is 0.249 e. The van der Waals surface area contributed by atoms with Crippen LogP contribution in [0.15, 0.2) is 72.9 Å². The van der Waals surface area contributed by atoms with E-state index in [2.05, 4.69) is 4.57 Å². The Bertz CT molecular complexity index is 1080. The maximum atomic E-state index is 13.5. The number of rotatable bonds is 12. The summed E-state index contributed by atoms with van der Waals surface area (Å²) in [6.07, 6.45) is 1.96. The predicted octanol–water partition coefficient (Wildman–Crippen LogP) is 4.34. The molecule has 35 heavy (non-hydrogen) atoms. The van der Waals surface area contributed by atoms with Crippen LogP contribution in [0.1, 0.15) is 30.7 Å². The van der Waals surface area contributed by atoms with Crippen molar-refractivity contribution in [1.82, 2.24) is 14.4 Å². The SMILES string of the molecule is COCC(=O)N(CC(=O)N(Cc1ccccc1)Cc1cccn1Cc1ccc(F)cc1)CC(C)C. The van der Waals surface area contributed by atoms with E-state index in [1.165, 1.54) is 19.2 Å². The fraction of sp³-hybridized carbons (Fsp3) is 0.357. The summed E-state index contributed by atoms with van der Waals surface area (Å²) in [7, 11) is 1.48. The normalized spacial score (nSPS) is 11.0. The van der Waals surface area contributed by atoms with E-state index in [-0.39, 0.29) is 36.7 Å². The van der Waals surface area contributed by atoms with E-state index in [0.717, 1.165) is 16.8 Å². The van der Waals surface area contributed by atoms with Gasteiger partial charge in [0.15, 0.2) is 0 Å². The molecule has 0 aliphatic heterocycles. The summed E-state index contributed by atoms with van der Waals surface area (Å²) in [5.41, 5.74) is 2.94. The lowest BCUT2D eigenvalue weighted by Gasteiger charge is -2.29. The number of benzene rings is 2. The van der Waals surface area contributed by atoms with E-state index in [1.54, 1.807) is 21.9 Å². The summed E-state index contributed by atoms with van der Waals surface area (Å²) in [6.45, 7) is 5.83. The first-order valence-electron chi connectivity index (χ1n) is 11.8. The Balaban J connectivity index is 1.81. The van der Waals surface area contributed by atoms with E-state index in [0.29, 0.717) is 26.2 Å². The molecule has 186 valence electrons. The number of amides is 2. The number of hydrogen-bond acceptors (Lipinski definition) is 3. The highest BCUT2D eigenvalue weighted by Gasteiger charge is 2.23. The topological polar surface area (TPSA) is 54.8 Å². The molecule has 3 aromatic rings. The van der Waals surface area contributed by atoms with Gasteiger partial charge in [0.05, 0.1) is 13.1 Å². The molecule has 2 aromatic carbocycles. The number of hydrogen-bond donors (Lipinski definition) is 0. The molecule has 0 saturated carbocycles. The molecule has 0 atom stereocenters. The number of halogens is 1. The number of methoxy groups -OCH3 is 1. The fourth-order valence-corrected chi connectivity index (χ4v) is 3.94. The van der Waals surface area contributed by atoms with Gasteiger partial charge in [0.25, 0.3) is 0 Å². The minimum Gasteiger partial charge on any atom is -0.375 e. The van der Waals surface area contributed by atoms with Gasteiger partial charge in [0, 0.05) is 38.6 Å². The van der Waals surface area contributed by atoms with Crippen molar-refractivity contribution in [3.05, 3.63) is 95.6 Å². The van der Waals surface area contributed by atoms with Crippen molar-refractivity contribution in [2.75, 3.05) is 26.8 Å². The van der Waals surface area contributed by atoms with Crippen molar-refractivity contribution in [2.45, 2.75) is 33.5 Å². The summed E-state index contributed by atoms with van der Waals surface area (Å²) in [6, 6.07) is 20.2. The molecule has 0 bridgehead atoms. The molecule has 0 N–H and O–H groups in total. The number of carbonyl (C=O) groups is 2. The Kier molecular flexibility index (Phi) is 9.61. The second kappa shape index (κ2) is 12.9. The number of nitrogens with zero attached hydrogens (tertiary/aromatic N) is 3. The molecule has 0 aliphatic rings. The van der Waals surface area contributed by atoms with Crippen molar-refractivity contribution in [2.24, 2.45) is 5.92 Å². The monoisotopic (exact) mass is 479 g/mol. The molecule has 0 unspecified atom stereocenters. The highest BCUT2D eigenvalue weighted by Crippen LogP contribution is 2.15. The van der Waals surface area contributed by atoms with Crippen LogP contribution in [-0.2, 0) is 34.0 Å². The Morgan fingerprint density at radius 3 is 2.26 bits per heavy atom. The lowest BCUT2D eigenvalue weighted by atomic mass is 10.2. The first kappa shape index (κ1) is 26.2. The number of carbonyl (C=O) groups excluding carboxylic acids is 2. The quantitative estimate of drug-likeness (QED) is 0.389. The highest BCUT2D eigenvalue weighted by atomic mass is 19.1. The van der Waals surface area contributed by atoms with Crippen LogP contribution in [0.5, 0.6) is 0 Å². The summed E-state index contributed by atoms with van der Waals surface area (Å²) in [4.78, 5) is 29.5. The largest absolute Gasteiger partial charge is 0.375 e. The van der Waals surface area contributed by atoms with Crippen LogP contribution < -0.4 is 0 Å². The minimum absolute atomic E-state index is 0.00806. The molecular weight excluding hydrogens is 445 g/mol. The molecule has 6 nitrogen and oxygen atoms in total. The van der Waals surface area contributed by atoms with Gasteiger partial charge < -0.3 is 19.1 Å². The number of aromatic nitrogens is 1. The zero-order valence-corrected chi connectivity index (χ0v) is 20.7. The molecule has 3 rings (SSSR count). The van der Waals surface area contributed by atoms with E-state index < -0.39 is 0 Å². The van der Waals surface area contributed by atoms with Crippen molar-refractivity contribution in [1.29, 1.82) is 0 Å². The Morgan fingerprint density at radius 2 is 1.60 bits per heavy atom. The van der Waals surface area contributed by atoms with E-state index in [9.17, 15) is 14.0 Å². The van der Waals surface area contributed by atoms with Gasteiger partial charge in [0.2, 0.25) is 11.8 Å². The van der Waals surface area contributed by atoms with Crippen molar-refractivity contribution in [3.8, 4) is 0 Å². The first-order chi connectivity index (χ1) is 16.9. The third kappa shape index (κ3) is 8.07. The van der Waals surface area contributed by atoms with Crippen molar-refractivity contribution >= 4 is 11.8 Å². The van der Waals surface area contributed by atoms with Crippen molar-refractivity contribution < 1.29 is 18.7 Å². The van der Waals surface area contributed by atoms with E-state index in [1.807, 2.05) is 62.5 Å². The smallest absolute Gasteiger partial charge is 0.249 e. The van der Waals surface area contributed by atoms with Gasteiger partial charge in [0.1, 0.15) is 12.4 Å². The Morgan fingerprint density at radius 1 is 0.886 bits per heavy atom. The lowest BCUT2D eigenvalue weighted by Crippen LogP contribution is -2.45. The molecule has 2 amide bonds. The second-order valence-electron chi connectivity index (χ2n) is 9.09. The van der Waals surface area contributed by atoms with Gasteiger partial charge in [-0.15, -0.1) is 0 Å².